The van der Waals surface area contributed by atoms with E-state index in [1.807, 2.05) is 12.1 Å². The van der Waals surface area contributed by atoms with Crippen LogP contribution in [0.1, 0.15) is 35.2 Å². The molecule has 2 aromatic carbocycles. The van der Waals surface area contributed by atoms with Gasteiger partial charge in [0, 0.05) is 24.1 Å². The first-order chi connectivity index (χ1) is 15.8. The van der Waals surface area contributed by atoms with Crippen molar-refractivity contribution in [1.29, 1.82) is 0 Å². The molecule has 0 bridgehead atoms. The Hall–Kier alpha value is -3.55. The van der Waals surface area contributed by atoms with Crippen molar-refractivity contribution in [2.24, 2.45) is 10.8 Å². The molecule has 1 saturated heterocycles. The third-order valence-electron chi connectivity index (χ3n) is 7.64. The van der Waals surface area contributed by atoms with Gasteiger partial charge < -0.3 is 24.6 Å². The Morgan fingerprint density at radius 1 is 0.939 bits per heavy atom. The summed E-state index contributed by atoms with van der Waals surface area (Å²) >= 11 is 0. The van der Waals surface area contributed by atoms with Crippen LogP contribution in [0.3, 0.4) is 0 Å². The molecule has 2 saturated carbocycles. The predicted octanol–water partition coefficient (Wildman–Crippen LogP) is 2.81. The van der Waals surface area contributed by atoms with Gasteiger partial charge >= 0.3 is 11.9 Å². The van der Waals surface area contributed by atoms with E-state index < -0.39 is 22.8 Å². The largest absolute Gasteiger partial charge is 0.497 e. The fourth-order valence-electron chi connectivity index (χ4n) is 5.13. The Morgan fingerprint density at radius 2 is 1.58 bits per heavy atom. The number of carboxylic acid groups (broad SMARTS) is 2. The van der Waals surface area contributed by atoms with Gasteiger partial charge in [0.2, 0.25) is 0 Å². The third kappa shape index (κ3) is 3.23. The number of fused-ring (bicyclic) bond motifs is 1. The molecule has 1 amide bonds. The smallest absolute Gasteiger partial charge is 0.315 e. The summed E-state index contributed by atoms with van der Waals surface area (Å²) in [5.74, 6) is -0.784. The molecule has 172 valence electrons. The lowest BCUT2D eigenvalue weighted by Gasteiger charge is -2.25. The van der Waals surface area contributed by atoms with E-state index in [9.17, 15) is 24.6 Å². The van der Waals surface area contributed by atoms with Gasteiger partial charge in [-0.3, -0.25) is 14.4 Å². The maximum atomic E-state index is 12.9. The number of nitrogens with zero attached hydrogens (tertiary/aromatic N) is 1. The van der Waals surface area contributed by atoms with E-state index in [0.717, 1.165) is 5.56 Å². The van der Waals surface area contributed by atoms with Crippen molar-refractivity contribution < 1.29 is 34.1 Å². The van der Waals surface area contributed by atoms with Crippen LogP contribution in [0, 0.1) is 10.8 Å². The van der Waals surface area contributed by atoms with E-state index in [2.05, 4.69) is 0 Å². The number of aliphatic carboxylic acids is 2. The number of hydrogen-bond donors (Lipinski definition) is 2. The molecular formula is C25H25NO7. The minimum Gasteiger partial charge on any atom is -0.497 e. The van der Waals surface area contributed by atoms with Crippen molar-refractivity contribution >= 4 is 17.8 Å². The fraction of sp³-hybridized carbons (Fsp3) is 0.400. The number of carbonyl (C=O) groups is 3. The van der Waals surface area contributed by atoms with Gasteiger partial charge in [-0.25, -0.2) is 0 Å². The van der Waals surface area contributed by atoms with Gasteiger partial charge in [-0.1, -0.05) is 12.1 Å². The Kier molecular flexibility index (Phi) is 4.67. The lowest BCUT2D eigenvalue weighted by atomic mass is 9.88. The summed E-state index contributed by atoms with van der Waals surface area (Å²) in [7, 11) is 1.55. The van der Waals surface area contributed by atoms with Crippen molar-refractivity contribution in [1.82, 2.24) is 4.90 Å². The van der Waals surface area contributed by atoms with Gasteiger partial charge in [0.15, 0.2) is 0 Å². The summed E-state index contributed by atoms with van der Waals surface area (Å²) in [6.07, 6.45) is 1.65. The molecule has 1 aliphatic heterocycles. The summed E-state index contributed by atoms with van der Waals surface area (Å²) in [6, 6.07) is 14.0. The first-order valence-electron chi connectivity index (χ1n) is 10.9. The highest BCUT2D eigenvalue weighted by Gasteiger charge is 2.88. The standard InChI is InChI=1S/C25H25NO7/c1-32-18-6-2-16(3-7-18)20(27)26-11-10-23(14-26,21(28)29)15-33-19-8-4-17(5-9-19)24-12-25(24,13-24)22(30)31/h2-9H,10-15H2,1H3,(H,28,29)(H,30,31). The van der Waals surface area contributed by atoms with E-state index in [4.69, 9.17) is 9.47 Å². The number of methoxy groups -OCH3 is 1. The van der Waals surface area contributed by atoms with Crippen LogP contribution in [0.25, 0.3) is 0 Å². The van der Waals surface area contributed by atoms with E-state index in [1.54, 1.807) is 48.4 Å². The number of rotatable bonds is 8. The minimum atomic E-state index is -1.19. The quantitative estimate of drug-likeness (QED) is 0.634. The second kappa shape index (κ2) is 7.23. The van der Waals surface area contributed by atoms with Gasteiger partial charge in [-0.15, -0.1) is 0 Å². The predicted molar refractivity (Wildman–Crippen MR) is 117 cm³/mol. The monoisotopic (exact) mass is 451 g/mol. The van der Waals surface area contributed by atoms with E-state index in [0.29, 0.717) is 42.9 Å². The number of hydrogen-bond acceptors (Lipinski definition) is 5. The van der Waals surface area contributed by atoms with Crippen LogP contribution in [0.4, 0.5) is 0 Å². The van der Waals surface area contributed by atoms with Crippen LogP contribution in [-0.2, 0) is 15.0 Å². The highest BCUT2D eigenvalue weighted by atomic mass is 16.5. The van der Waals surface area contributed by atoms with Crippen LogP contribution in [-0.4, -0.2) is 59.8 Å². The number of benzene rings is 2. The molecule has 33 heavy (non-hydrogen) atoms. The molecule has 5 rings (SSSR count). The lowest BCUT2D eigenvalue weighted by Crippen LogP contribution is -2.41. The average molecular weight is 451 g/mol. The topological polar surface area (TPSA) is 113 Å². The summed E-state index contributed by atoms with van der Waals surface area (Å²) in [4.78, 5) is 37.9. The minimum absolute atomic E-state index is 0.0573. The lowest BCUT2D eigenvalue weighted by molar-refractivity contribution is -0.150. The van der Waals surface area contributed by atoms with Crippen LogP contribution >= 0.6 is 0 Å². The maximum Gasteiger partial charge on any atom is 0.315 e. The molecule has 2 aromatic rings. The molecular weight excluding hydrogens is 426 g/mol. The van der Waals surface area contributed by atoms with E-state index in [1.165, 1.54) is 0 Å². The SMILES string of the molecule is COc1ccc(C(=O)N2CCC(COc3ccc(C45CC4(C(=O)O)C5)cc3)(C(=O)O)C2)cc1. The van der Waals surface area contributed by atoms with Crippen molar-refractivity contribution in [3.05, 3.63) is 59.7 Å². The first-order valence-corrected chi connectivity index (χ1v) is 10.9. The molecule has 0 radical (unpaired) electrons. The maximum absolute atomic E-state index is 12.9. The normalized spacial score (nSPS) is 29.2. The second-order valence-corrected chi connectivity index (χ2v) is 9.43. The van der Waals surface area contributed by atoms with Gasteiger partial charge in [0.05, 0.1) is 12.5 Å². The van der Waals surface area contributed by atoms with Crippen molar-refractivity contribution in [2.75, 3.05) is 26.8 Å². The number of amides is 1. The Bertz CT molecular complexity index is 1120. The summed E-state index contributed by atoms with van der Waals surface area (Å²) in [5.41, 5.74) is -0.530. The Morgan fingerprint density at radius 3 is 2.12 bits per heavy atom. The molecule has 1 unspecified atom stereocenters. The van der Waals surface area contributed by atoms with Crippen molar-refractivity contribution in [2.45, 2.75) is 24.7 Å². The van der Waals surface area contributed by atoms with Gasteiger partial charge in [0.25, 0.3) is 5.91 Å². The zero-order valence-corrected chi connectivity index (χ0v) is 18.2. The van der Waals surface area contributed by atoms with Crippen LogP contribution in [0.5, 0.6) is 11.5 Å². The molecule has 1 heterocycles. The molecule has 3 aliphatic rings. The number of ether oxygens (including phenoxy) is 2. The van der Waals surface area contributed by atoms with Crippen LogP contribution in [0.2, 0.25) is 0 Å². The molecule has 0 spiro atoms. The first kappa shape index (κ1) is 21.3. The highest BCUT2D eigenvalue weighted by molar-refractivity contribution is 5.95. The zero-order chi connectivity index (χ0) is 23.4. The zero-order valence-electron chi connectivity index (χ0n) is 18.2. The van der Waals surface area contributed by atoms with Crippen LogP contribution < -0.4 is 9.47 Å². The molecule has 8 heteroatoms. The average Bonchev–Trinajstić information content (AvgIpc) is 3.61. The number of carboxylic acids is 2. The second-order valence-electron chi connectivity index (χ2n) is 9.43. The molecule has 0 aromatic heterocycles. The fourth-order valence-corrected chi connectivity index (χ4v) is 5.13. The van der Waals surface area contributed by atoms with Crippen molar-refractivity contribution in [3.63, 3.8) is 0 Å². The van der Waals surface area contributed by atoms with E-state index in [-0.39, 0.29) is 24.5 Å². The Labute approximate surface area is 190 Å². The van der Waals surface area contributed by atoms with E-state index >= 15 is 0 Å². The Balaban J connectivity index is 1.23. The summed E-state index contributed by atoms with van der Waals surface area (Å²) in [6.45, 7) is 0.340. The number of likely N-dealkylation sites (tertiary alicyclic amines) is 1. The molecule has 1 atom stereocenters. The van der Waals surface area contributed by atoms with Gasteiger partial charge in [0.1, 0.15) is 23.5 Å². The highest BCUT2D eigenvalue weighted by Crippen LogP contribution is 2.85. The van der Waals surface area contributed by atoms with Gasteiger partial charge in [-0.2, -0.15) is 0 Å². The molecule has 8 nitrogen and oxygen atoms in total. The molecule has 2 N–H and O–H groups in total. The van der Waals surface area contributed by atoms with Crippen molar-refractivity contribution in [3.8, 4) is 11.5 Å². The number of carbonyl (C=O) groups excluding carboxylic acids is 1. The third-order valence-corrected chi connectivity index (χ3v) is 7.64. The molecule has 3 fully saturated rings. The summed E-state index contributed by atoms with van der Waals surface area (Å²) < 4.78 is 11.0. The van der Waals surface area contributed by atoms with Crippen LogP contribution in [0.15, 0.2) is 48.5 Å². The van der Waals surface area contributed by atoms with Gasteiger partial charge in [-0.05, 0) is 61.2 Å². The summed E-state index contributed by atoms with van der Waals surface area (Å²) in [5, 5.41) is 19.3. The molecule has 2 aliphatic carbocycles.